The van der Waals surface area contributed by atoms with Crippen molar-refractivity contribution in [1.29, 1.82) is 0 Å². The van der Waals surface area contributed by atoms with E-state index in [0.29, 0.717) is 30.0 Å². The molecule has 3 N–H and O–H groups in total. The number of carbonyl (C=O) groups excluding carboxylic acids is 2. The van der Waals surface area contributed by atoms with Crippen LogP contribution >= 0.6 is 0 Å². The molecule has 1 aromatic rings. The molecular formula is C18H20N2O5. The lowest BCUT2D eigenvalue weighted by atomic mass is 9.82. The molecule has 0 spiro atoms. The zero-order valence-corrected chi connectivity index (χ0v) is 14.0. The van der Waals surface area contributed by atoms with E-state index >= 15 is 0 Å². The average molecular weight is 344 g/mol. The smallest absolute Gasteiger partial charge is 0.307 e. The fraction of sp³-hybridized carbons (Fsp3) is 0.389. The van der Waals surface area contributed by atoms with Gasteiger partial charge in [0.2, 0.25) is 5.91 Å². The van der Waals surface area contributed by atoms with E-state index in [9.17, 15) is 19.5 Å². The number of ether oxygens (including phenoxy) is 1. The van der Waals surface area contributed by atoms with Crippen LogP contribution in [0.4, 0.5) is 11.4 Å². The van der Waals surface area contributed by atoms with E-state index < -0.39 is 23.4 Å². The lowest BCUT2D eigenvalue weighted by Crippen LogP contribution is -2.45. The van der Waals surface area contributed by atoms with Crippen molar-refractivity contribution in [2.24, 2.45) is 11.8 Å². The number of rotatable bonds is 3. The van der Waals surface area contributed by atoms with Crippen molar-refractivity contribution in [3.8, 4) is 5.75 Å². The third-order valence-electron chi connectivity index (χ3n) is 4.50. The Morgan fingerprint density at radius 3 is 2.60 bits per heavy atom. The molecule has 1 heterocycles. The molecule has 2 aliphatic rings. The van der Waals surface area contributed by atoms with E-state index in [2.05, 4.69) is 10.6 Å². The number of carboxylic acid groups (broad SMARTS) is 1. The van der Waals surface area contributed by atoms with Crippen LogP contribution in [0.2, 0.25) is 0 Å². The molecule has 132 valence electrons. The van der Waals surface area contributed by atoms with Gasteiger partial charge in [0.05, 0.1) is 17.5 Å². The molecule has 1 aliphatic heterocycles. The first-order chi connectivity index (χ1) is 11.8. The second kappa shape index (κ2) is 6.23. The first-order valence-corrected chi connectivity index (χ1v) is 8.11. The highest BCUT2D eigenvalue weighted by atomic mass is 16.5. The molecule has 2 atom stereocenters. The molecular weight excluding hydrogens is 324 g/mol. The number of carbonyl (C=O) groups is 3. The summed E-state index contributed by atoms with van der Waals surface area (Å²) in [5.74, 6) is -2.43. The van der Waals surface area contributed by atoms with Gasteiger partial charge in [-0.25, -0.2) is 0 Å². The summed E-state index contributed by atoms with van der Waals surface area (Å²) in [6.45, 7) is 3.31. The summed E-state index contributed by atoms with van der Waals surface area (Å²) in [6.07, 6.45) is 4.37. The Morgan fingerprint density at radius 2 is 1.92 bits per heavy atom. The number of fused-ring (bicyclic) bond motifs is 1. The molecule has 25 heavy (non-hydrogen) atoms. The van der Waals surface area contributed by atoms with Gasteiger partial charge in [0.15, 0.2) is 5.60 Å². The van der Waals surface area contributed by atoms with Gasteiger partial charge in [0.25, 0.3) is 5.91 Å². The van der Waals surface area contributed by atoms with Gasteiger partial charge >= 0.3 is 5.97 Å². The minimum absolute atomic E-state index is 0.241. The molecule has 3 rings (SSSR count). The summed E-state index contributed by atoms with van der Waals surface area (Å²) in [5, 5.41) is 14.8. The summed E-state index contributed by atoms with van der Waals surface area (Å²) in [7, 11) is 0. The Balaban J connectivity index is 1.78. The lowest BCUT2D eigenvalue weighted by Gasteiger charge is -2.32. The fourth-order valence-electron chi connectivity index (χ4n) is 2.99. The van der Waals surface area contributed by atoms with E-state index in [1.54, 1.807) is 38.1 Å². The maximum atomic E-state index is 12.5. The van der Waals surface area contributed by atoms with Crippen LogP contribution in [0.5, 0.6) is 5.75 Å². The van der Waals surface area contributed by atoms with E-state index in [-0.39, 0.29) is 11.8 Å². The predicted molar refractivity (Wildman–Crippen MR) is 91.4 cm³/mol. The molecule has 0 saturated heterocycles. The average Bonchev–Trinajstić information content (AvgIpc) is 2.55. The third-order valence-corrected chi connectivity index (χ3v) is 4.50. The summed E-state index contributed by atoms with van der Waals surface area (Å²) in [6, 6.07) is 4.92. The highest BCUT2D eigenvalue weighted by Crippen LogP contribution is 2.36. The van der Waals surface area contributed by atoms with Crippen LogP contribution in [-0.2, 0) is 14.4 Å². The number of amides is 2. The maximum absolute atomic E-state index is 12.5. The van der Waals surface area contributed by atoms with Crippen LogP contribution in [0.1, 0.15) is 26.7 Å². The lowest BCUT2D eigenvalue weighted by molar-refractivity contribution is -0.146. The van der Waals surface area contributed by atoms with Gasteiger partial charge < -0.3 is 20.5 Å². The minimum atomic E-state index is -1.00. The molecule has 1 aromatic carbocycles. The summed E-state index contributed by atoms with van der Waals surface area (Å²) in [4.78, 5) is 35.7. The summed E-state index contributed by atoms with van der Waals surface area (Å²) in [5.41, 5.74) is 0.0267. The van der Waals surface area contributed by atoms with Crippen LogP contribution in [-0.4, -0.2) is 28.5 Å². The van der Waals surface area contributed by atoms with Gasteiger partial charge in [-0.3, -0.25) is 14.4 Å². The van der Waals surface area contributed by atoms with Crippen LogP contribution < -0.4 is 15.4 Å². The summed E-state index contributed by atoms with van der Waals surface area (Å²) < 4.78 is 5.69. The largest absolute Gasteiger partial charge is 0.481 e. The molecule has 1 aliphatic carbocycles. The molecule has 2 amide bonds. The van der Waals surface area contributed by atoms with Crippen molar-refractivity contribution in [2.45, 2.75) is 32.3 Å². The third kappa shape index (κ3) is 3.35. The Labute approximate surface area is 145 Å². The highest BCUT2D eigenvalue weighted by Gasteiger charge is 2.36. The van der Waals surface area contributed by atoms with Crippen molar-refractivity contribution in [1.82, 2.24) is 0 Å². The molecule has 2 unspecified atom stereocenters. The monoisotopic (exact) mass is 344 g/mol. The standard InChI is InChI=1S/C18H20N2O5/c1-18(2)17(24)20-13-8-7-10(9-14(13)25-18)19-15(21)11-5-3-4-6-12(11)16(22)23/h3-4,7-9,11-12H,5-6H2,1-2H3,(H,19,21)(H,20,24)(H,22,23). The minimum Gasteiger partial charge on any atom is -0.481 e. The van der Waals surface area contributed by atoms with E-state index in [0.717, 1.165) is 0 Å². The number of hydrogen-bond donors (Lipinski definition) is 3. The molecule has 0 saturated carbocycles. The molecule has 7 nitrogen and oxygen atoms in total. The Bertz CT molecular complexity index is 769. The first kappa shape index (κ1) is 17.0. The topological polar surface area (TPSA) is 105 Å². The highest BCUT2D eigenvalue weighted by molar-refractivity contribution is 6.01. The van der Waals surface area contributed by atoms with Crippen molar-refractivity contribution in [2.75, 3.05) is 10.6 Å². The molecule has 0 bridgehead atoms. The normalized spacial score (nSPS) is 23.8. The molecule has 7 heteroatoms. The van der Waals surface area contributed by atoms with Crippen LogP contribution in [0.25, 0.3) is 0 Å². The van der Waals surface area contributed by atoms with Crippen molar-refractivity contribution in [3.63, 3.8) is 0 Å². The number of anilines is 2. The molecule has 0 aromatic heterocycles. The number of carboxylic acids is 1. The van der Waals surface area contributed by atoms with Crippen LogP contribution in [0, 0.1) is 11.8 Å². The van der Waals surface area contributed by atoms with Crippen LogP contribution in [0.3, 0.4) is 0 Å². The van der Waals surface area contributed by atoms with Gasteiger partial charge in [-0.05, 0) is 38.8 Å². The number of benzene rings is 1. The number of aliphatic carboxylic acids is 1. The van der Waals surface area contributed by atoms with Gasteiger partial charge in [0, 0.05) is 11.8 Å². The van der Waals surface area contributed by atoms with Crippen molar-refractivity contribution >= 4 is 29.2 Å². The quantitative estimate of drug-likeness (QED) is 0.730. The number of allylic oxidation sites excluding steroid dienone is 2. The second-order valence-corrected chi connectivity index (χ2v) is 6.76. The number of nitrogens with one attached hydrogen (secondary N) is 2. The van der Waals surface area contributed by atoms with Gasteiger partial charge in [0.1, 0.15) is 5.75 Å². The van der Waals surface area contributed by atoms with E-state index in [1.807, 2.05) is 6.08 Å². The predicted octanol–water partition coefficient (Wildman–Crippen LogP) is 2.40. The fourth-order valence-corrected chi connectivity index (χ4v) is 2.99. The van der Waals surface area contributed by atoms with Crippen molar-refractivity contribution in [3.05, 3.63) is 30.4 Å². The number of hydrogen-bond acceptors (Lipinski definition) is 4. The maximum Gasteiger partial charge on any atom is 0.307 e. The van der Waals surface area contributed by atoms with Crippen LogP contribution in [0.15, 0.2) is 30.4 Å². The zero-order chi connectivity index (χ0) is 18.2. The Hall–Kier alpha value is -2.83. The van der Waals surface area contributed by atoms with Gasteiger partial charge in [-0.2, -0.15) is 0 Å². The summed E-state index contributed by atoms with van der Waals surface area (Å²) >= 11 is 0. The van der Waals surface area contributed by atoms with Gasteiger partial charge in [-0.1, -0.05) is 12.2 Å². The molecule has 0 radical (unpaired) electrons. The van der Waals surface area contributed by atoms with Crippen molar-refractivity contribution < 1.29 is 24.2 Å². The van der Waals surface area contributed by atoms with E-state index in [4.69, 9.17) is 4.74 Å². The second-order valence-electron chi connectivity index (χ2n) is 6.76. The SMILES string of the molecule is CC1(C)Oc2cc(NC(=O)C3CC=CCC3C(=O)O)ccc2NC1=O. The van der Waals surface area contributed by atoms with E-state index in [1.165, 1.54) is 0 Å². The zero-order valence-electron chi connectivity index (χ0n) is 14.0. The van der Waals surface area contributed by atoms with Gasteiger partial charge in [-0.15, -0.1) is 0 Å². The Morgan fingerprint density at radius 1 is 1.24 bits per heavy atom. The Kier molecular flexibility index (Phi) is 4.24. The molecule has 0 fully saturated rings. The first-order valence-electron chi connectivity index (χ1n) is 8.11.